The van der Waals surface area contributed by atoms with Crippen LogP contribution in [0.5, 0.6) is 0 Å². The maximum absolute atomic E-state index is 10.1. The summed E-state index contributed by atoms with van der Waals surface area (Å²) in [6.45, 7) is 8.26. The standard InChI is InChI=1S/C12H27NO2/c1-5-7-10(6-2)12(15)11(8-14)13-9(3)4/h9-15H,5-8H2,1-4H3. The van der Waals surface area contributed by atoms with Crippen LogP contribution in [0.4, 0.5) is 0 Å². The van der Waals surface area contributed by atoms with E-state index in [9.17, 15) is 10.2 Å². The van der Waals surface area contributed by atoms with E-state index in [1.165, 1.54) is 0 Å². The van der Waals surface area contributed by atoms with E-state index in [-0.39, 0.29) is 18.7 Å². The Morgan fingerprint density at radius 1 is 1.20 bits per heavy atom. The highest BCUT2D eigenvalue weighted by Gasteiger charge is 2.25. The van der Waals surface area contributed by atoms with E-state index in [1.54, 1.807) is 0 Å². The monoisotopic (exact) mass is 217 g/mol. The summed E-state index contributed by atoms with van der Waals surface area (Å²) in [5.41, 5.74) is 0. The molecule has 92 valence electrons. The van der Waals surface area contributed by atoms with Crippen molar-refractivity contribution in [1.82, 2.24) is 5.32 Å². The molecule has 0 amide bonds. The third-order valence-corrected chi connectivity index (χ3v) is 2.82. The van der Waals surface area contributed by atoms with Gasteiger partial charge in [0.05, 0.1) is 18.8 Å². The molecule has 3 atom stereocenters. The molecule has 15 heavy (non-hydrogen) atoms. The van der Waals surface area contributed by atoms with Gasteiger partial charge in [0.2, 0.25) is 0 Å². The summed E-state index contributed by atoms with van der Waals surface area (Å²) in [5.74, 6) is 0.290. The Bertz CT molecular complexity index is 151. The van der Waals surface area contributed by atoms with Gasteiger partial charge in [0.15, 0.2) is 0 Å². The molecule has 0 rings (SSSR count). The van der Waals surface area contributed by atoms with Crippen LogP contribution in [0.1, 0.15) is 47.0 Å². The van der Waals surface area contributed by atoms with Gasteiger partial charge in [0.25, 0.3) is 0 Å². The fraction of sp³-hybridized carbons (Fsp3) is 1.00. The molecule has 0 aromatic carbocycles. The minimum absolute atomic E-state index is 0.000436. The molecule has 0 heterocycles. The number of hydrogen-bond acceptors (Lipinski definition) is 3. The van der Waals surface area contributed by atoms with Crippen LogP contribution in [0.15, 0.2) is 0 Å². The second kappa shape index (κ2) is 8.08. The molecule has 0 aliphatic heterocycles. The highest BCUT2D eigenvalue weighted by atomic mass is 16.3. The van der Waals surface area contributed by atoms with Crippen molar-refractivity contribution in [3.8, 4) is 0 Å². The summed E-state index contributed by atoms with van der Waals surface area (Å²) in [7, 11) is 0. The van der Waals surface area contributed by atoms with Crippen molar-refractivity contribution in [3.05, 3.63) is 0 Å². The van der Waals surface area contributed by atoms with Crippen LogP contribution in [-0.4, -0.2) is 35.0 Å². The van der Waals surface area contributed by atoms with Crippen LogP contribution in [0, 0.1) is 5.92 Å². The first kappa shape index (κ1) is 14.9. The quantitative estimate of drug-likeness (QED) is 0.578. The zero-order chi connectivity index (χ0) is 11.8. The van der Waals surface area contributed by atoms with Crippen LogP contribution < -0.4 is 5.32 Å². The van der Waals surface area contributed by atoms with Crippen molar-refractivity contribution in [3.63, 3.8) is 0 Å². The Kier molecular flexibility index (Phi) is 8.02. The largest absolute Gasteiger partial charge is 0.395 e. The third-order valence-electron chi connectivity index (χ3n) is 2.82. The van der Waals surface area contributed by atoms with Crippen molar-refractivity contribution in [1.29, 1.82) is 0 Å². The Morgan fingerprint density at radius 3 is 2.13 bits per heavy atom. The highest BCUT2D eigenvalue weighted by molar-refractivity contribution is 4.81. The van der Waals surface area contributed by atoms with Gasteiger partial charge in [-0.15, -0.1) is 0 Å². The van der Waals surface area contributed by atoms with Gasteiger partial charge in [-0.1, -0.05) is 40.5 Å². The summed E-state index contributed by atoms with van der Waals surface area (Å²) < 4.78 is 0. The van der Waals surface area contributed by atoms with Gasteiger partial charge in [0.1, 0.15) is 0 Å². The summed E-state index contributed by atoms with van der Waals surface area (Å²) in [4.78, 5) is 0. The van der Waals surface area contributed by atoms with Gasteiger partial charge in [0, 0.05) is 6.04 Å². The first-order valence-electron chi connectivity index (χ1n) is 6.11. The minimum atomic E-state index is -0.442. The lowest BCUT2D eigenvalue weighted by Crippen LogP contribution is -2.48. The van der Waals surface area contributed by atoms with E-state index in [0.29, 0.717) is 5.92 Å². The average molecular weight is 217 g/mol. The molecule has 0 aliphatic carbocycles. The molecule has 0 aromatic heterocycles. The van der Waals surface area contributed by atoms with E-state index >= 15 is 0 Å². The van der Waals surface area contributed by atoms with E-state index in [0.717, 1.165) is 19.3 Å². The van der Waals surface area contributed by atoms with Crippen molar-refractivity contribution in [2.75, 3.05) is 6.61 Å². The highest BCUT2D eigenvalue weighted by Crippen LogP contribution is 2.18. The minimum Gasteiger partial charge on any atom is -0.395 e. The van der Waals surface area contributed by atoms with Gasteiger partial charge in [-0.25, -0.2) is 0 Å². The average Bonchev–Trinajstić information content (AvgIpc) is 2.21. The van der Waals surface area contributed by atoms with Gasteiger partial charge in [-0.2, -0.15) is 0 Å². The SMILES string of the molecule is CCCC(CC)C(O)C(CO)NC(C)C. The fourth-order valence-electron chi connectivity index (χ4n) is 2.00. The Balaban J connectivity index is 4.25. The van der Waals surface area contributed by atoms with Gasteiger partial charge < -0.3 is 15.5 Å². The molecular weight excluding hydrogens is 190 g/mol. The lowest BCUT2D eigenvalue weighted by molar-refractivity contribution is 0.0353. The molecule has 0 bridgehead atoms. The molecule has 0 spiro atoms. The number of rotatable bonds is 8. The number of hydrogen-bond donors (Lipinski definition) is 3. The molecular formula is C12H27NO2. The topological polar surface area (TPSA) is 52.5 Å². The van der Waals surface area contributed by atoms with Crippen LogP contribution in [0.25, 0.3) is 0 Å². The summed E-state index contributed by atoms with van der Waals surface area (Å²) >= 11 is 0. The molecule has 0 fully saturated rings. The van der Waals surface area contributed by atoms with Crippen molar-refractivity contribution in [2.45, 2.75) is 65.1 Å². The van der Waals surface area contributed by atoms with Gasteiger partial charge in [-0.05, 0) is 12.3 Å². The van der Waals surface area contributed by atoms with Crippen LogP contribution in [0.3, 0.4) is 0 Å². The van der Waals surface area contributed by atoms with Crippen LogP contribution >= 0.6 is 0 Å². The molecule has 0 saturated carbocycles. The Morgan fingerprint density at radius 2 is 1.80 bits per heavy atom. The first-order chi connectivity index (χ1) is 7.06. The molecule has 3 nitrogen and oxygen atoms in total. The van der Waals surface area contributed by atoms with E-state index < -0.39 is 6.10 Å². The smallest absolute Gasteiger partial charge is 0.0743 e. The molecule has 3 unspecified atom stereocenters. The van der Waals surface area contributed by atoms with Crippen molar-refractivity contribution in [2.24, 2.45) is 5.92 Å². The predicted octanol–water partition coefficient (Wildman–Crippen LogP) is 1.53. The second-order valence-corrected chi connectivity index (χ2v) is 4.56. The first-order valence-corrected chi connectivity index (χ1v) is 6.11. The molecule has 0 aliphatic rings. The Labute approximate surface area is 93.9 Å². The van der Waals surface area contributed by atoms with Crippen molar-refractivity contribution >= 4 is 0 Å². The molecule has 0 radical (unpaired) electrons. The lowest BCUT2D eigenvalue weighted by atomic mass is 9.90. The lowest BCUT2D eigenvalue weighted by Gasteiger charge is -2.30. The maximum Gasteiger partial charge on any atom is 0.0743 e. The summed E-state index contributed by atoms with van der Waals surface area (Å²) in [6.07, 6.45) is 2.62. The van der Waals surface area contributed by atoms with Crippen LogP contribution in [0.2, 0.25) is 0 Å². The van der Waals surface area contributed by atoms with E-state index in [1.807, 2.05) is 13.8 Å². The Hall–Kier alpha value is -0.120. The summed E-state index contributed by atoms with van der Waals surface area (Å²) in [6, 6.07) is 0.0948. The van der Waals surface area contributed by atoms with E-state index in [2.05, 4.69) is 19.2 Å². The number of aliphatic hydroxyl groups is 2. The normalized spacial score (nSPS) is 17.8. The van der Waals surface area contributed by atoms with Crippen molar-refractivity contribution < 1.29 is 10.2 Å². The zero-order valence-corrected chi connectivity index (χ0v) is 10.5. The number of aliphatic hydroxyl groups excluding tert-OH is 2. The van der Waals surface area contributed by atoms with Gasteiger partial charge in [-0.3, -0.25) is 0 Å². The number of nitrogens with one attached hydrogen (secondary N) is 1. The predicted molar refractivity (Wildman–Crippen MR) is 63.8 cm³/mol. The fourth-order valence-corrected chi connectivity index (χ4v) is 2.00. The second-order valence-electron chi connectivity index (χ2n) is 4.56. The summed E-state index contributed by atoms with van der Waals surface area (Å²) in [5, 5.41) is 22.6. The molecule has 3 heteroatoms. The molecule has 3 N–H and O–H groups in total. The maximum atomic E-state index is 10.1. The zero-order valence-electron chi connectivity index (χ0n) is 10.5. The van der Waals surface area contributed by atoms with Gasteiger partial charge >= 0.3 is 0 Å². The molecule has 0 saturated heterocycles. The molecule has 0 aromatic rings. The third kappa shape index (κ3) is 5.50. The van der Waals surface area contributed by atoms with Crippen LogP contribution in [-0.2, 0) is 0 Å². The van der Waals surface area contributed by atoms with E-state index in [4.69, 9.17) is 0 Å².